The Hall–Kier alpha value is -3.74. The first kappa shape index (κ1) is 22.5. The van der Waals surface area contributed by atoms with E-state index in [0.717, 1.165) is 0 Å². The first-order chi connectivity index (χ1) is 16.0. The highest BCUT2D eigenvalue weighted by atomic mass is 35.5. The van der Waals surface area contributed by atoms with Gasteiger partial charge in [0.25, 0.3) is 0 Å². The van der Waals surface area contributed by atoms with Crippen molar-refractivity contribution in [3.8, 4) is 0 Å². The molecule has 0 unspecified atom stereocenters. The second kappa shape index (κ2) is 10.3. The number of benzene rings is 2. The highest BCUT2D eigenvalue weighted by Crippen LogP contribution is 2.29. The highest BCUT2D eigenvalue weighted by molar-refractivity contribution is 6.36. The molecule has 0 aliphatic carbocycles. The van der Waals surface area contributed by atoms with Crippen molar-refractivity contribution in [3.63, 3.8) is 0 Å². The van der Waals surface area contributed by atoms with Gasteiger partial charge in [0, 0.05) is 28.7 Å². The monoisotopic (exact) mass is 478 g/mol. The lowest BCUT2D eigenvalue weighted by molar-refractivity contribution is 0.104. The number of pyridine rings is 2. The van der Waals surface area contributed by atoms with E-state index in [9.17, 15) is 9.18 Å². The summed E-state index contributed by atoms with van der Waals surface area (Å²) in [4.78, 5) is 21.5. The summed E-state index contributed by atoms with van der Waals surface area (Å²) in [5.74, 6) is 0.298. The number of carbonyl (C=O) groups excluding carboxylic acids is 1. The molecule has 4 rings (SSSR count). The summed E-state index contributed by atoms with van der Waals surface area (Å²) in [6, 6.07) is 17.8. The minimum Gasteiger partial charge on any atom is -0.340 e. The quantitative estimate of drug-likeness (QED) is 0.215. The zero-order valence-corrected chi connectivity index (χ0v) is 18.6. The van der Waals surface area contributed by atoms with Gasteiger partial charge in [0.15, 0.2) is 5.78 Å². The van der Waals surface area contributed by atoms with E-state index in [-0.39, 0.29) is 11.6 Å². The zero-order valence-electron chi connectivity index (χ0n) is 17.1. The van der Waals surface area contributed by atoms with Gasteiger partial charge >= 0.3 is 0 Å². The number of halogens is 3. The topological polar surface area (TPSA) is 66.9 Å². The van der Waals surface area contributed by atoms with Crippen LogP contribution in [0.4, 0.5) is 27.4 Å². The molecule has 0 radical (unpaired) electrons. The number of hydrogen-bond acceptors (Lipinski definition) is 5. The van der Waals surface area contributed by atoms with Crippen molar-refractivity contribution >= 4 is 58.1 Å². The molecule has 0 spiro atoms. The summed E-state index contributed by atoms with van der Waals surface area (Å²) in [5, 5.41) is 7.19. The van der Waals surface area contributed by atoms with Crippen LogP contribution in [0.2, 0.25) is 10.0 Å². The first-order valence-electron chi connectivity index (χ1n) is 9.87. The Balaban J connectivity index is 1.56. The fourth-order valence-electron chi connectivity index (χ4n) is 3.00. The smallest absolute Gasteiger partial charge is 0.189 e. The molecule has 5 nitrogen and oxygen atoms in total. The third-order valence-corrected chi connectivity index (χ3v) is 5.17. The van der Waals surface area contributed by atoms with Crippen molar-refractivity contribution in [1.82, 2.24) is 9.97 Å². The standard InChI is InChI=1S/C25H17Cl2FN4O/c26-17-6-11-22(21(27)15-17)32-24-16(3-1-13-29-24)5-12-23(33)20-4-2-14-30-25(20)31-19-9-7-18(28)8-10-19/h1-15H,(H,29,32)(H,30,31)/b12-5+. The van der Waals surface area contributed by atoms with E-state index in [0.29, 0.717) is 44.2 Å². The van der Waals surface area contributed by atoms with E-state index < -0.39 is 0 Å². The van der Waals surface area contributed by atoms with Gasteiger partial charge < -0.3 is 10.6 Å². The van der Waals surface area contributed by atoms with Crippen molar-refractivity contribution in [1.29, 1.82) is 0 Å². The molecule has 164 valence electrons. The number of carbonyl (C=O) groups is 1. The van der Waals surface area contributed by atoms with E-state index in [2.05, 4.69) is 20.6 Å². The summed E-state index contributed by atoms with van der Waals surface area (Å²) >= 11 is 12.2. The van der Waals surface area contributed by atoms with Crippen LogP contribution >= 0.6 is 23.2 Å². The summed E-state index contributed by atoms with van der Waals surface area (Å²) in [6.07, 6.45) is 6.32. The molecular weight excluding hydrogens is 462 g/mol. The zero-order chi connectivity index (χ0) is 23.2. The fraction of sp³-hybridized carbons (Fsp3) is 0. The molecule has 0 saturated heterocycles. The summed E-state index contributed by atoms with van der Waals surface area (Å²) < 4.78 is 13.2. The number of rotatable bonds is 7. The van der Waals surface area contributed by atoms with Crippen LogP contribution < -0.4 is 10.6 Å². The minimum atomic E-state index is -0.346. The molecule has 0 fully saturated rings. The first-order valence-corrected chi connectivity index (χ1v) is 10.6. The van der Waals surface area contributed by atoms with E-state index in [1.54, 1.807) is 67.0 Å². The van der Waals surface area contributed by atoms with Gasteiger partial charge in [0.2, 0.25) is 0 Å². The average Bonchev–Trinajstić information content (AvgIpc) is 2.82. The molecule has 8 heteroatoms. The normalized spacial score (nSPS) is 10.9. The Morgan fingerprint density at radius 2 is 1.61 bits per heavy atom. The minimum absolute atomic E-state index is 0.257. The van der Waals surface area contributed by atoms with Crippen molar-refractivity contribution < 1.29 is 9.18 Å². The molecule has 4 aromatic rings. The van der Waals surface area contributed by atoms with Gasteiger partial charge in [-0.05, 0) is 78.9 Å². The van der Waals surface area contributed by atoms with Crippen LogP contribution in [0.15, 0.2) is 85.2 Å². The molecule has 0 atom stereocenters. The largest absolute Gasteiger partial charge is 0.340 e. The van der Waals surface area contributed by atoms with Crippen LogP contribution in [0.5, 0.6) is 0 Å². The van der Waals surface area contributed by atoms with Crippen molar-refractivity contribution in [2.24, 2.45) is 0 Å². The number of anilines is 4. The number of allylic oxidation sites excluding steroid dienone is 1. The Kier molecular flexibility index (Phi) is 6.98. The third kappa shape index (κ3) is 5.74. The summed E-state index contributed by atoms with van der Waals surface area (Å²) in [5.41, 5.74) is 2.32. The van der Waals surface area contributed by atoms with Gasteiger partial charge in [-0.2, -0.15) is 0 Å². The molecule has 0 aliphatic rings. The van der Waals surface area contributed by atoms with Crippen LogP contribution in [0, 0.1) is 5.82 Å². The maximum Gasteiger partial charge on any atom is 0.189 e. The third-order valence-electron chi connectivity index (χ3n) is 4.62. The molecule has 2 aromatic heterocycles. The van der Waals surface area contributed by atoms with Gasteiger partial charge in [0.05, 0.1) is 16.3 Å². The van der Waals surface area contributed by atoms with Gasteiger partial charge in [-0.3, -0.25) is 4.79 Å². The van der Waals surface area contributed by atoms with Gasteiger partial charge in [-0.15, -0.1) is 0 Å². The Morgan fingerprint density at radius 3 is 2.36 bits per heavy atom. The average molecular weight is 479 g/mol. The Labute approximate surface area is 199 Å². The molecule has 0 aliphatic heterocycles. The second-order valence-electron chi connectivity index (χ2n) is 6.92. The molecule has 2 N–H and O–H groups in total. The van der Waals surface area contributed by atoms with Crippen LogP contribution in [0.25, 0.3) is 6.08 Å². The van der Waals surface area contributed by atoms with Gasteiger partial charge in [-0.1, -0.05) is 23.2 Å². The highest BCUT2D eigenvalue weighted by Gasteiger charge is 2.11. The van der Waals surface area contributed by atoms with E-state index >= 15 is 0 Å². The summed E-state index contributed by atoms with van der Waals surface area (Å²) in [6.45, 7) is 0. The number of aromatic nitrogens is 2. The number of hydrogen-bond donors (Lipinski definition) is 2. The van der Waals surface area contributed by atoms with Gasteiger partial charge in [0.1, 0.15) is 17.5 Å². The van der Waals surface area contributed by atoms with Crippen LogP contribution in [0.3, 0.4) is 0 Å². The molecule has 2 heterocycles. The number of nitrogens with one attached hydrogen (secondary N) is 2. The van der Waals surface area contributed by atoms with Crippen LogP contribution in [-0.4, -0.2) is 15.8 Å². The van der Waals surface area contributed by atoms with Crippen LogP contribution in [-0.2, 0) is 0 Å². The van der Waals surface area contributed by atoms with Crippen molar-refractivity contribution in [2.75, 3.05) is 10.6 Å². The lowest BCUT2D eigenvalue weighted by atomic mass is 10.1. The van der Waals surface area contributed by atoms with Crippen molar-refractivity contribution in [3.05, 3.63) is 112 Å². The fourth-order valence-corrected chi connectivity index (χ4v) is 3.46. The van der Waals surface area contributed by atoms with Gasteiger partial charge in [-0.25, -0.2) is 14.4 Å². The Bertz CT molecular complexity index is 1330. The molecule has 33 heavy (non-hydrogen) atoms. The number of ketones is 1. The number of nitrogens with zero attached hydrogens (tertiary/aromatic N) is 2. The van der Waals surface area contributed by atoms with Crippen molar-refractivity contribution in [2.45, 2.75) is 0 Å². The lowest BCUT2D eigenvalue weighted by Crippen LogP contribution is -2.03. The maximum atomic E-state index is 13.2. The molecule has 2 aromatic carbocycles. The molecular formula is C25H17Cl2FN4O. The Morgan fingerprint density at radius 1 is 0.879 bits per heavy atom. The summed E-state index contributed by atoms with van der Waals surface area (Å²) in [7, 11) is 0. The SMILES string of the molecule is O=C(/C=C/c1cccnc1Nc1ccc(Cl)cc1Cl)c1cccnc1Nc1ccc(F)cc1. The predicted octanol–water partition coefficient (Wildman–Crippen LogP) is 7.31. The lowest BCUT2D eigenvalue weighted by Gasteiger charge is -2.11. The van der Waals surface area contributed by atoms with E-state index in [1.807, 2.05) is 6.07 Å². The maximum absolute atomic E-state index is 13.2. The molecule has 0 amide bonds. The second-order valence-corrected chi connectivity index (χ2v) is 7.76. The molecule has 0 bridgehead atoms. The molecule has 0 saturated carbocycles. The van der Waals surface area contributed by atoms with Crippen LogP contribution in [0.1, 0.15) is 15.9 Å². The van der Waals surface area contributed by atoms with E-state index in [1.165, 1.54) is 18.2 Å². The van der Waals surface area contributed by atoms with E-state index in [4.69, 9.17) is 23.2 Å². The predicted molar refractivity (Wildman–Crippen MR) is 131 cm³/mol.